The van der Waals surface area contributed by atoms with Gasteiger partial charge in [-0.05, 0) is 42.7 Å². The van der Waals surface area contributed by atoms with Crippen LogP contribution in [0.4, 0.5) is 18.9 Å². The van der Waals surface area contributed by atoms with Gasteiger partial charge in [0.05, 0.1) is 17.9 Å². The molecule has 0 aromatic heterocycles. The van der Waals surface area contributed by atoms with Gasteiger partial charge in [-0.1, -0.05) is 41.4 Å². The van der Waals surface area contributed by atoms with Gasteiger partial charge in [-0.15, -0.1) is 0 Å². The maximum atomic E-state index is 14.1. The summed E-state index contributed by atoms with van der Waals surface area (Å²) in [4.78, 5) is 31.4. The van der Waals surface area contributed by atoms with Gasteiger partial charge in [0, 0.05) is 75.3 Å². The summed E-state index contributed by atoms with van der Waals surface area (Å²) >= 11 is 12.4. The molecule has 2 heterocycles. The summed E-state index contributed by atoms with van der Waals surface area (Å²) in [7, 11) is 1.57. The first-order valence-electron chi connectivity index (χ1n) is 13.7. The second kappa shape index (κ2) is 13.6. The summed E-state index contributed by atoms with van der Waals surface area (Å²) in [6.07, 6.45) is -3.26. The van der Waals surface area contributed by atoms with Crippen molar-refractivity contribution in [3.63, 3.8) is 0 Å². The van der Waals surface area contributed by atoms with Crippen molar-refractivity contribution in [1.82, 2.24) is 15.1 Å². The standard InChI is InChI=1S/C29H35Cl2F3N4O3/c1-19(18-41-2)35-17-21-5-3-6-23(29(32,33)34)27(21)36-11-13-37(14-12-36)28(40)25(38-10-4-7-26(38)39)15-20-8-9-22(30)16-24(20)31/h3,5-6,8-9,16,19,25,35H,4,7,10-15,17-18H2,1-2H3. The largest absolute Gasteiger partial charge is 0.418 e. The summed E-state index contributed by atoms with van der Waals surface area (Å²) in [5.41, 5.74) is 0.657. The fourth-order valence-corrected chi connectivity index (χ4v) is 6.00. The first-order valence-corrected chi connectivity index (χ1v) is 14.4. The Bertz CT molecular complexity index is 1240. The van der Waals surface area contributed by atoms with Crippen molar-refractivity contribution in [3.05, 3.63) is 63.1 Å². The topological polar surface area (TPSA) is 65.1 Å². The maximum absolute atomic E-state index is 14.1. The Morgan fingerprint density at radius 2 is 1.80 bits per heavy atom. The molecule has 2 amide bonds. The number of carbonyl (C=O) groups excluding carboxylic acids is 2. The van der Waals surface area contributed by atoms with Gasteiger partial charge in [0.2, 0.25) is 11.8 Å². The minimum atomic E-state index is -4.53. The minimum absolute atomic E-state index is 0.0452. The highest BCUT2D eigenvalue weighted by molar-refractivity contribution is 6.35. The number of benzene rings is 2. The molecule has 2 aliphatic heterocycles. The molecule has 1 N–H and O–H groups in total. The molecule has 2 aliphatic rings. The number of alkyl halides is 3. The highest BCUT2D eigenvalue weighted by Gasteiger charge is 2.39. The van der Waals surface area contributed by atoms with Gasteiger partial charge in [-0.3, -0.25) is 9.59 Å². The monoisotopic (exact) mass is 614 g/mol. The van der Waals surface area contributed by atoms with Gasteiger partial charge < -0.3 is 24.8 Å². The summed E-state index contributed by atoms with van der Waals surface area (Å²) in [6.45, 7) is 3.94. The lowest BCUT2D eigenvalue weighted by Crippen LogP contribution is -2.56. The molecule has 4 rings (SSSR count). The van der Waals surface area contributed by atoms with Crippen LogP contribution in [0.15, 0.2) is 36.4 Å². The van der Waals surface area contributed by atoms with Crippen LogP contribution in [0.5, 0.6) is 0 Å². The number of nitrogens with zero attached hydrogens (tertiary/aromatic N) is 3. The number of likely N-dealkylation sites (tertiary alicyclic amines) is 1. The van der Waals surface area contributed by atoms with E-state index in [9.17, 15) is 22.8 Å². The molecule has 2 saturated heterocycles. The lowest BCUT2D eigenvalue weighted by atomic mass is 10.0. The maximum Gasteiger partial charge on any atom is 0.418 e. The molecule has 0 bridgehead atoms. The number of piperazine rings is 1. The lowest BCUT2D eigenvalue weighted by Gasteiger charge is -2.40. The number of para-hydroxylation sites is 1. The number of anilines is 1. The third-order valence-electron chi connectivity index (χ3n) is 7.59. The number of ether oxygens (including phenoxy) is 1. The quantitative estimate of drug-likeness (QED) is 0.407. The third kappa shape index (κ3) is 7.66. The van der Waals surface area contributed by atoms with Crippen molar-refractivity contribution in [3.8, 4) is 0 Å². The minimum Gasteiger partial charge on any atom is -0.383 e. The third-order valence-corrected chi connectivity index (χ3v) is 8.18. The molecule has 0 radical (unpaired) electrons. The van der Waals surface area contributed by atoms with E-state index in [4.69, 9.17) is 27.9 Å². The molecule has 224 valence electrons. The van der Waals surface area contributed by atoms with Gasteiger partial charge in [0.1, 0.15) is 6.04 Å². The van der Waals surface area contributed by atoms with Crippen molar-refractivity contribution in [2.75, 3.05) is 51.3 Å². The van der Waals surface area contributed by atoms with E-state index in [0.717, 1.165) is 6.07 Å². The summed E-state index contributed by atoms with van der Waals surface area (Å²) < 4.78 is 47.4. The van der Waals surface area contributed by atoms with E-state index in [0.29, 0.717) is 47.2 Å². The average Bonchev–Trinajstić information content (AvgIpc) is 3.36. The Hall–Kier alpha value is -2.53. The van der Waals surface area contributed by atoms with Crippen molar-refractivity contribution >= 4 is 40.7 Å². The molecule has 2 atom stereocenters. The van der Waals surface area contributed by atoms with Crippen LogP contribution in [-0.2, 0) is 33.5 Å². The van der Waals surface area contributed by atoms with Crippen LogP contribution in [0.25, 0.3) is 0 Å². The molecular formula is C29H35Cl2F3N4O3. The van der Waals surface area contributed by atoms with E-state index >= 15 is 0 Å². The number of rotatable bonds is 10. The zero-order valence-electron chi connectivity index (χ0n) is 23.1. The molecule has 41 heavy (non-hydrogen) atoms. The van der Waals surface area contributed by atoms with Crippen LogP contribution in [0.2, 0.25) is 10.0 Å². The molecule has 0 aliphatic carbocycles. The van der Waals surface area contributed by atoms with Gasteiger partial charge >= 0.3 is 6.18 Å². The van der Waals surface area contributed by atoms with Crippen molar-refractivity contribution < 1.29 is 27.5 Å². The Labute approximate surface area is 248 Å². The van der Waals surface area contributed by atoms with Gasteiger partial charge in [-0.2, -0.15) is 13.2 Å². The van der Waals surface area contributed by atoms with Crippen LogP contribution >= 0.6 is 23.2 Å². The Balaban J connectivity index is 1.53. The second-order valence-electron chi connectivity index (χ2n) is 10.5. The Morgan fingerprint density at radius 3 is 2.41 bits per heavy atom. The van der Waals surface area contributed by atoms with E-state index in [1.54, 1.807) is 46.1 Å². The fraction of sp³-hybridized carbons (Fsp3) is 0.517. The normalized spacial score (nSPS) is 17.7. The number of hydrogen-bond donors (Lipinski definition) is 1. The molecular weight excluding hydrogens is 580 g/mol. The molecule has 0 spiro atoms. The number of carbonyl (C=O) groups is 2. The van der Waals surface area contributed by atoms with E-state index in [1.807, 2.05) is 6.92 Å². The number of amides is 2. The molecule has 0 saturated carbocycles. The molecule has 12 heteroatoms. The van der Waals surface area contributed by atoms with E-state index in [-0.39, 0.29) is 62.7 Å². The number of hydrogen-bond acceptors (Lipinski definition) is 5. The predicted octanol–water partition coefficient (Wildman–Crippen LogP) is 5.02. The zero-order chi connectivity index (χ0) is 29.7. The highest BCUT2D eigenvalue weighted by Crippen LogP contribution is 2.39. The smallest absolute Gasteiger partial charge is 0.383 e. The first-order chi connectivity index (χ1) is 19.5. The van der Waals surface area contributed by atoms with Crippen LogP contribution in [-0.4, -0.2) is 80.1 Å². The van der Waals surface area contributed by atoms with Crippen molar-refractivity contribution in [2.45, 2.75) is 51.0 Å². The van der Waals surface area contributed by atoms with Crippen molar-refractivity contribution in [1.29, 1.82) is 0 Å². The lowest BCUT2D eigenvalue weighted by molar-refractivity contribution is -0.143. The molecule has 2 aromatic carbocycles. The molecule has 2 unspecified atom stereocenters. The Morgan fingerprint density at radius 1 is 1.07 bits per heavy atom. The SMILES string of the molecule is COCC(C)NCc1cccc(C(F)(F)F)c1N1CCN(C(=O)C(Cc2ccc(Cl)cc2Cl)N2CCCC2=O)CC1. The van der Waals surface area contributed by atoms with E-state index in [2.05, 4.69) is 5.32 Å². The zero-order valence-corrected chi connectivity index (χ0v) is 24.7. The van der Waals surface area contributed by atoms with Crippen LogP contribution in [0.3, 0.4) is 0 Å². The van der Waals surface area contributed by atoms with E-state index < -0.39 is 17.8 Å². The summed E-state index contributed by atoms with van der Waals surface area (Å²) in [6, 6.07) is 8.46. The van der Waals surface area contributed by atoms with Crippen LogP contribution in [0.1, 0.15) is 36.5 Å². The fourth-order valence-electron chi connectivity index (χ4n) is 5.52. The number of methoxy groups -OCH3 is 1. The highest BCUT2D eigenvalue weighted by atomic mass is 35.5. The molecule has 2 aromatic rings. The predicted molar refractivity (Wildman–Crippen MR) is 153 cm³/mol. The van der Waals surface area contributed by atoms with Gasteiger partial charge in [-0.25, -0.2) is 0 Å². The number of nitrogens with one attached hydrogen (secondary N) is 1. The molecule has 2 fully saturated rings. The van der Waals surface area contributed by atoms with Gasteiger partial charge in [0.15, 0.2) is 0 Å². The molecule has 7 nitrogen and oxygen atoms in total. The average molecular weight is 616 g/mol. The Kier molecular flexibility index (Phi) is 10.4. The summed E-state index contributed by atoms with van der Waals surface area (Å²) in [5, 5.41) is 4.11. The van der Waals surface area contributed by atoms with E-state index in [1.165, 1.54) is 6.07 Å². The first kappa shape index (κ1) is 31.4. The second-order valence-corrected chi connectivity index (χ2v) is 11.4. The summed E-state index contributed by atoms with van der Waals surface area (Å²) in [5.74, 6) is -0.323. The van der Waals surface area contributed by atoms with Crippen LogP contribution < -0.4 is 10.2 Å². The van der Waals surface area contributed by atoms with Crippen molar-refractivity contribution in [2.24, 2.45) is 0 Å². The van der Waals surface area contributed by atoms with Crippen LogP contribution in [0, 0.1) is 0 Å². The number of halogens is 5. The van der Waals surface area contributed by atoms with Gasteiger partial charge in [0.25, 0.3) is 0 Å².